The molecule has 0 aliphatic carbocycles. The molecule has 0 aromatic heterocycles. The minimum Gasteiger partial charge on any atom is -0.388 e. The molecule has 2 nitrogen and oxygen atoms in total. The van der Waals surface area contributed by atoms with Gasteiger partial charge in [-0.15, -0.1) is 0 Å². The molecule has 1 atom stereocenters. The fourth-order valence-corrected chi connectivity index (χ4v) is 1.78. The number of hydrogen-bond donors (Lipinski definition) is 1. The molecular weight excluding hydrogens is 229 g/mol. The Morgan fingerprint density at radius 3 is 2.22 bits per heavy atom. The summed E-state index contributed by atoms with van der Waals surface area (Å²) >= 11 is 0. The van der Waals surface area contributed by atoms with Gasteiger partial charge in [-0.05, 0) is 50.0 Å². The predicted molar refractivity (Wildman–Crippen MR) is 72.9 cm³/mol. The highest BCUT2D eigenvalue weighted by molar-refractivity contribution is 5.18. The molecule has 3 heteroatoms. The molecule has 1 aromatic carbocycles. The van der Waals surface area contributed by atoms with E-state index < -0.39 is 6.10 Å². The van der Waals surface area contributed by atoms with Gasteiger partial charge in [0.25, 0.3) is 0 Å². The Morgan fingerprint density at radius 1 is 1.11 bits per heavy atom. The third-order valence-electron chi connectivity index (χ3n) is 3.13. The van der Waals surface area contributed by atoms with Crippen LogP contribution in [0.25, 0.3) is 0 Å². The lowest BCUT2D eigenvalue weighted by atomic mass is 10.1. The zero-order valence-corrected chi connectivity index (χ0v) is 11.6. The van der Waals surface area contributed by atoms with E-state index in [1.165, 1.54) is 18.6 Å². The van der Waals surface area contributed by atoms with Crippen molar-refractivity contribution in [1.82, 2.24) is 4.90 Å². The van der Waals surface area contributed by atoms with Crippen molar-refractivity contribution in [3.8, 4) is 0 Å². The smallest absolute Gasteiger partial charge is 0.123 e. The van der Waals surface area contributed by atoms with Gasteiger partial charge in [0.2, 0.25) is 0 Å². The van der Waals surface area contributed by atoms with Crippen molar-refractivity contribution in [3.63, 3.8) is 0 Å². The predicted octanol–water partition coefficient (Wildman–Crippen LogP) is 3.23. The summed E-state index contributed by atoms with van der Waals surface area (Å²) in [6.45, 7) is 6.32. The van der Waals surface area contributed by atoms with Gasteiger partial charge in [0.15, 0.2) is 0 Å². The Morgan fingerprint density at radius 2 is 1.67 bits per heavy atom. The van der Waals surface area contributed by atoms with Crippen LogP contribution in [-0.4, -0.2) is 30.1 Å². The molecule has 102 valence electrons. The lowest BCUT2D eigenvalue weighted by Gasteiger charge is -2.19. The Balaban J connectivity index is 2.32. The molecule has 18 heavy (non-hydrogen) atoms. The van der Waals surface area contributed by atoms with Crippen molar-refractivity contribution < 1.29 is 9.50 Å². The van der Waals surface area contributed by atoms with Gasteiger partial charge in [-0.25, -0.2) is 4.39 Å². The Labute approximate surface area is 109 Å². The van der Waals surface area contributed by atoms with Crippen molar-refractivity contribution in [2.45, 2.75) is 32.8 Å². The van der Waals surface area contributed by atoms with E-state index in [0.29, 0.717) is 12.3 Å². The maximum Gasteiger partial charge on any atom is 0.123 e. The molecule has 0 heterocycles. The second-order valence-corrected chi connectivity index (χ2v) is 5.34. The topological polar surface area (TPSA) is 23.5 Å². The molecule has 1 unspecified atom stereocenters. The fraction of sp³-hybridized carbons (Fsp3) is 0.600. The molecule has 0 amide bonds. The van der Waals surface area contributed by atoms with Crippen molar-refractivity contribution in [2.75, 3.05) is 20.1 Å². The first-order valence-electron chi connectivity index (χ1n) is 6.61. The van der Waals surface area contributed by atoms with Crippen molar-refractivity contribution >= 4 is 0 Å². The van der Waals surface area contributed by atoms with Gasteiger partial charge in [-0.2, -0.15) is 0 Å². The quantitative estimate of drug-likeness (QED) is 0.806. The van der Waals surface area contributed by atoms with Gasteiger partial charge in [0, 0.05) is 6.54 Å². The first-order valence-corrected chi connectivity index (χ1v) is 6.61. The Kier molecular flexibility index (Phi) is 6.30. The molecule has 0 saturated heterocycles. The van der Waals surface area contributed by atoms with Crippen LogP contribution in [0.15, 0.2) is 24.3 Å². The molecule has 0 aliphatic rings. The third kappa shape index (κ3) is 5.61. The van der Waals surface area contributed by atoms with Crippen molar-refractivity contribution in [3.05, 3.63) is 35.6 Å². The second-order valence-electron chi connectivity index (χ2n) is 5.34. The van der Waals surface area contributed by atoms with Crippen molar-refractivity contribution in [2.24, 2.45) is 5.92 Å². The van der Waals surface area contributed by atoms with Gasteiger partial charge in [-0.1, -0.05) is 26.0 Å². The van der Waals surface area contributed by atoms with E-state index in [0.717, 1.165) is 18.7 Å². The molecule has 0 bridgehead atoms. The van der Waals surface area contributed by atoms with Crippen LogP contribution < -0.4 is 0 Å². The Hall–Kier alpha value is -0.930. The van der Waals surface area contributed by atoms with Crippen LogP contribution in [0.2, 0.25) is 0 Å². The number of halogens is 1. The molecule has 1 N–H and O–H groups in total. The molecule has 0 aliphatic heterocycles. The zero-order valence-electron chi connectivity index (χ0n) is 11.6. The minimum absolute atomic E-state index is 0.264. The molecular formula is C15H24FNO. The number of rotatable bonds is 7. The fourth-order valence-electron chi connectivity index (χ4n) is 1.78. The van der Waals surface area contributed by atoms with Gasteiger partial charge in [-0.3, -0.25) is 0 Å². The first-order chi connectivity index (χ1) is 8.49. The van der Waals surface area contributed by atoms with E-state index in [4.69, 9.17) is 0 Å². The molecule has 1 rings (SSSR count). The molecule has 1 aromatic rings. The lowest BCUT2D eigenvalue weighted by Crippen LogP contribution is -2.23. The van der Waals surface area contributed by atoms with Crippen LogP contribution in [0, 0.1) is 11.7 Å². The van der Waals surface area contributed by atoms with E-state index in [1.807, 2.05) is 0 Å². The van der Waals surface area contributed by atoms with Gasteiger partial charge in [0.1, 0.15) is 5.82 Å². The number of hydrogen-bond acceptors (Lipinski definition) is 2. The molecule has 0 radical (unpaired) electrons. The van der Waals surface area contributed by atoms with Gasteiger partial charge < -0.3 is 10.0 Å². The molecule has 0 spiro atoms. The van der Waals surface area contributed by atoms with E-state index in [2.05, 4.69) is 25.8 Å². The Bertz CT molecular complexity index is 337. The summed E-state index contributed by atoms with van der Waals surface area (Å²) in [6.07, 6.45) is 1.34. The summed E-state index contributed by atoms with van der Waals surface area (Å²) in [7, 11) is 2.07. The summed E-state index contributed by atoms with van der Waals surface area (Å²) in [5.41, 5.74) is 0.786. The van der Waals surface area contributed by atoms with Gasteiger partial charge >= 0.3 is 0 Å². The van der Waals surface area contributed by atoms with Crippen LogP contribution in [0.1, 0.15) is 38.4 Å². The average Bonchev–Trinajstić information content (AvgIpc) is 2.34. The highest BCUT2D eigenvalue weighted by Gasteiger charge is 2.09. The third-order valence-corrected chi connectivity index (χ3v) is 3.13. The normalized spacial score (nSPS) is 13.3. The van der Waals surface area contributed by atoms with Crippen LogP contribution in [0.5, 0.6) is 0 Å². The minimum atomic E-state index is -0.507. The second kappa shape index (κ2) is 7.49. The average molecular weight is 253 g/mol. The lowest BCUT2D eigenvalue weighted by molar-refractivity contribution is 0.148. The SMILES string of the molecule is CC(C)CCN(C)CCC(O)c1ccc(F)cc1. The number of aliphatic hydroxyl groups excluding tert-OH is 1. The number of aliphatic hydroxyl groups is 1. The molecule has 0 saturated carbocycles. The largest absolute Gasteiger partial charge is 0.388 e. The standard InChI is InChI=1S/C15H24FNO/c1-12(2)8-10-17(3)11-9-15(18)13-4-6-14(16)7-5-13/h4-7,12,15,18H,8-11H2,1-3H3. The van der Waals surface area contributed by atoms with Crippen LogP contribution >= 0.6 is 0 Å². The van der Waals surface area contributed by atoms with Crippen LogP contribution in [0.3, 0.4) is 0 Å². The maximum atomic E-state index is 12.8. The van der Waals surface area contributed by atoms with E-state index in [1.54, 1.807) is 12.1 Å². The molecule has 0 fully saturated rings. The number of benzene rings is 1. The zero-order chi connectivity index (χ0) is 13.5. The summed E-state index contributed by atoms with van der Waals surface area (Å²) < 4.78 is 12.8. The van der Waals surface area contributed by atoms with Crippen LogP contribution in [0.4, 0.5) is 4.39 Å². The van der Waals surface area contributed by atoms with Crippen LogP contribution in [-0.2, 0) is 0 Å². The highest BCUT2D eigenvalue weighted by atomic mass is 19.1. The highest BCUT2D eigenvalue weighted by Crippen LogP contribution is 2.17. The summed E-state index contributed by atoms with van der Waals surface area (Å²) in [5, 5.41) is 9.99. The van der Waals surface area contributed by atoms with E-state index >= 15 is 0 Å². The summed E-state index contributed by atoms with van der Waals surface area (Å²) in [6, 6.07) is 6.07. The number of nitrogens with zero attached hydrogens (tertiary/aromatic N) is 1. The first kappa shape index (κ1) is 15.1. The van der Waals surface area contributed by atoms with E-state index in [9.17, 15) is 9.50 Å². The van der Waals surface area contributed by atoms with E-state index in [-0.39, 0.29) is 5.82 Å². The maximum absolute atomic E-state index is 12.8. The summed E-state index contributed by atoms with van der Waals surface area (Å²) in [5.74, 6) is 0.439. The monoisotopic (exact) mass is 253 g/mol. The van der Waals surface area contributed by atoms with Crippen molar-refractivity contribution in [1.29, 1.82) is 0 Å². The summed E-state index contributed by atoms with van der Waals surface area (Å²) in [4.78, 5) is 2.23. The van der Waals surface area contributed by atoms with Gasteiger partial charge in [0.05, 0.1) is 6.10 Å².